The van der Waals surface area contributed by atoms with Crippen molar-refractivity contribution in [2.75, 3.05) is 20.3 Å². The highest BCUT2D eigenvalue weighted by Gasteiger charge is 2.24. The summed E-state index contributed by atoms with van der Waals surface area (Å²) in [4.78, 5) is 0. The molecule has 1 saturated heterocycles. The maximum atomic E-state index is 13.4. The van der Waals surface area contributed by atoms with Crippen molar-refractivity contribution in [1.82, 2.24) is 5.32 Å². The number of ether oxygens (including phenoxy) is 1. The van der Waals surface area contributed by atoms with E-state index in [1.165, 1.54) is 6.07 Å². The van der Waals surface area contributed by atoms with Gasteiger partial charge in [0.15, 0.2) is 0 Å². The average molecular weight is 302 g/mol. The Hall–Kier alpha value is -0.450. The van der Waals surface area contributed by atoms with E-state index in [1.54, 1.807) is 6.07 Å². The molecular weight excluding hydrogens is 285 g/mol. The molecule has 1 aliphatic rings. The highest BCUT2D eigenvalue weighted by Crippen LogP contribution is 2.31. The quantitative estimate of drug-likeness (QED) is 0.925. The Morgan fingerprint density at radius 2 is 2.06 bits per heavy atom. The summed E-state index contributed by atoms with van der Waals surface area (Å²) in [5, 5.41) is 3.30. The van der Waals surface area contributed by atoms with Gasteiger partial charge in [0.05, 0.1) is 0 Å². The third kappa shape index (κ3) is 3.27. The van der Waals surface area contributed by atoms with Crippen LogP contribution in [0.4, 0.5) is 4.39 Å². The fraction of sp³-hybridized carbons (Fsp3) is 0.538. The lowest BCUT2D eigenvalue weighted by molar-refractivity contribution is 0.0546. The van der Waals surface area contributed by atoms with Gasteiger partial charge in [0.25, 0.3) is 0 Å². The van der Waals surface area contributed by atoms with E-state index in [1.807, 2.05) is 13.1 Å². The second-order valence-corrected chi connectivity index (χ2v) is 5.33. The number of benzene rings is 1. The summed E-state index contributed by atoms with van der Waals surface area (Å²) < 4.78 is 19.6. The van der Waals surface area contributed by atoms with Crippen LogP contribution in [-0.2, 0) is 4.74 Å². The molecule has 0 radical (unpaired) electrons. The van der Waals surface area contributed by atoms with Crippen molar-refractivity contribution in [2.45, 2.75) is 18.9 Å². The standard InChI is InChI=1S/C13H17BrFNO/c1-16-13(9-2-4-17-5-3-9)10-6-11(14)8-12(15)7-10/h6-9,13,16H,2-5H2,1H3. The first kappa shape index (κ1) is 13.0. The van der Waals surface area contributed by atoms with Crippen LogP contribution in [0.1, 0.15) is 24.4 Å². The third-order valence-electron chi connectivity index (χ3n) is 3.29. The molecular formula is C13H17BrFNO. The van der Waals surface area contributed by atoms with Gasteiger partial charge in [-0.1, -0.05) is 15.9 Å². The molecule has 1 fully saturated rings. The summed E-state index contributed by atoms with van der Waals surface area (Å²) in [6.45, 7) is 1.61. The fourth-order valence-electron chi connectivity index (χ4n) is 2.48. The lowest BCUT2D eigenvalue weighted by Gasteiger charge is -2.30. The van der Waals surface area contributed by atoms with Crippen LogP contribution in [0.25, 0.3) is 0 Å². The molecule has 0 aromatic heterocycles. The summed E-state index contributed by atoms with van der Waals surface area (Å²) in [6.07, 6.45) is 2.05. The van der Waals surface area contributed by atoms with Gasteiger partial charge in [0, 0.05) is 23.7 Å². The van der Waals surface area contributed by atoms with Crippen LogP contribution < -0.4 is 5.32 Å². The molecule has 0 saturated carbocycles. The molecule has 2 nitrogen and oxygen atoms in total. The number of rotatable bonds is 3. The topological polar surface area (TPSA) is 21.3 Å². The Morgan fingerprint density at radius 3 is 2.65 bits per heavy atom. The summed E-state index contributed by atoms with van der Waals surface area (Å²) in [5.74, 6) is 0.323. The zero-order valence-corrected chi connectivity index (χ0v) is 11.5. The predicted molar refractivity (Wildman–Crippen MR) is 69.4 cm³/mol. The van der Waals surface area contributed by atoms with Gasteiger partial charge in [-0.3, -0.25) is 0 Å². The van der Waals surface area contributed by atoms with Crippen LogP contribution in [0.2, 0.25) is 0 Å². The molecule has 1 aliphatic heterocycles. The molecule has 0 aliphatic carbocycles. The second-order valence-electron chi connectivity index (χ2n) is 4.42. The first-order valence-corrected chi connectivity index (χ1v) is 6.71. The summed E-state index contributed by atoms with van der Waals surface area (Å²) in [6, 6.07) is 5.28. The Kier molecular flexibility index (Phi) is 4.54. The maximum Gasteiger partial charge on any atom is 0.124 e. The van der Waals surface area contributed by atoms with Crippen molar-refractivity contribution in [3.63, 3.8) is 0 Å². The van der Waals surface area contributed by atoms with E-state index in [0.29, 0.717) is 5.92 Å². The van der Waals surface area contributed by atoms with Gasteiger partial charge in [-0.15, -0.1) is 0 Å². The molecule has 1 atom stereocenters. The predicted octanol–water partition coefficient (Wildman–Crippen LogP) is 3.28. The molecule has 1 N–H and O–H groups in total. The van der Waals surface area contributed by atoms with Crippen LogP contribution in [0.15, 0.2) is 22.7 Å². The SMILES string of the molecule is CNC(c1cc(F)cc(Br)c1)C1CCOCC1. The maximum absolute atomic E-state index is 13.4. The van der Waals surface area contributed by atoms with Gasteiger partial charge in [0.1, 0.15) is 5.82 Å². The van der Waals surface area contributed by atoms with Crippen molar-refractivity contribution in [3.8, 4) is 0 Å². The van der Waals surface area contributed by atoms with E-state index in [0.717, 1.165) is 36.1 Å². The highest BCUT2D eigenvalue weighted by atomic mass is 79.9. The van der Waals surface area contributed by atoms with Crippen molar-refractivity contribution in [1.29, 1.82) is 0 Å². The average Bonchev–Trinajstić information content (AvgIpc) is 2.30. The van der Waals surface area contributed by atoms with Gasteiger partial charge in [0.2, 0.25) is 0 Å². The van der Waals surface area contributed by atoms with Crippen LogP contribution in [0, 0.1) is 11.7 Å². The minimum atomic E-state index is -0.193. The van der Waals surface area contributed by atoms with Gasteiger partial charge in [-0.25, -0.2) is 4.39 Å². The molecule has 1 unspecified atom stereocenters. The zero-order valence-electron chi connectivity index (χ0n) is 9.88. The normalized spacial score (nSPS) is 19.2. The van der Waals surface area contributed by atoms with Gasteiger partial charge in [-0.2, -0.15) is 0 Å². The summed E-state index contributed by atoms with van der Waals surface area (Å²) in [5.41, 5.74) is 1.01. The molecule has 94 valence electrons. The first-order valence-electron chi connectivity index (χ1n) is 5.91. The highest BCUT2D eigenvalue weighted by molar-refractivity contribution is 9.10. The number of nitrogens with one attached hydrogen (secondary N) is 1. The molecule has 0 bridgehead atoms. The Morgan fingerprint density at radius 1 is 1.35 bits per heavy atom. The minimum Gasteiger partial charge on any atom is -0.381 e. The Bertz CT molecular complexity index is 359. The number of halogens is 2. The van der Waals surface area contributed by atoms with Crippen LogP contribution in [-0.4, -0.2) is 20.3 Å². The van der Waals surface area contributed by atoms with E-state index in [9.17, 15) is 4.39 Å². The molecule has 0 amide bonds. The Balaban J connectivity index is 2.21. The third-order valence-corrected chi connectivity index (χ3v) is 3.75. The summed E-state index contributed by atoms with van der Waals surface area (Å²) in [7, 11) is 1.93. The molecule has 1 heterocycles. The van der Waals surface area contributed by atoms with Crippen molar-refractivity contribution >= 4 is 15.9 Å². The van der Waals surface area contributed by atoms with E-state index in [2.05, 4.69) is 21.2 Å². The molecule has 1 aromatic rings. The van der Waals surface area contributed by atoms with E-state index in [4.69, 9.17) is 4.74 Å². The molecule has 1 aromatic carbocycles. The van der Waals surface area contributed by atoms with E-state index in [-0.39, 0.29) is 11.9 Å². The zero-order chi connectivity index (χ0) is 12.3. The van der Waals surface area contributed by atoms with Crippen molar-refractivity contribution in [2.24, 2.45) is 5.92 Å². The fourth-order valence-corrected chi connectivity index (χ4v) is 2.96. The van der Waals surface area contributed by atoms with Crippen LogP contribution in [0.5, 0.6) is 0 Å². The van der Waals surface area contributed by atoms with Crippen LogP contribution >= 0.6 is 15.9 Å². The monoisotopic (exact) mass is 301 g/mol. The number of hydrogen-bond donors (Lipinski definition) is 1. The van der Waals surface area contributed by atoms with Crippen molar-refractivity contribution < 1.29 is 9.13 Å². The summed E-state index contributed by atoms with van der Waals surface area (Å²) >= 11 is 3.34. The smallest absolute Gasteiger partial charge is 0.124 e. The largest absolute Gasteiger partial charge is 0.381 e. The molecule has 2 rings (SSSR count). The van der Waals surface area contributed by atoms with Gasteiger partial charge in [-0.05, 0) is 49.6 Å². The number of hydrogen-bond acceptors (Lipinski definition) is 2. The van der Waals surface area contributed by atoms with Crippen LogP contribution in [0.3, 0.4) is 0 Å². The molecule has 17 heavy (non-hydrogen) atoms. The minimum absolute atomic E-state index is 0.193. The van der Waals surface area contributed by atoms with Gasteiger partial charge >= 0.3 is 0 Å². The van der Waals surface area contributed by atoms with E-state index >= 15 is 0 Å². The van der Waals surface area contributed by atoms with Crippen molar-refractivity contribution in [3.05, 3.63) is 34.1 Å². The first-order chi connectivity index (χ1) is 8.20. The molecule has 0 spiro atoms. The van der Waals surface area contributed by atoms with Gasteiger partial charge < -0.3 is 10.1 Å². The Labute approximate surface area is 110 Å². The second kappa shape index (κ2) is 5.94. The van der Waals surface area contributed by atoms with E-state index < -0.39 is 0 Å². The molecule has 4 heteroatoms. The lowest BCUT2D eigenvalue weighted by atomic mass is 9.87. The lowest BCUT2D eigenvalue weighted by Crippen LogP contribution is -2.30.